The summed E-state index contributed by atoms with van der Waals surface area (Å²) in [5.74, 6) is -0.312. The highest BCUT2D eigenvalue weighted by atomic mass is 16.2. The fourth-order valence-electron chi connectivity index (χ4n) is 4.39. The maximum absolute atomic E-state index is 12.7. The van der Waals surface area contributed by atoms with Crippen LogP contribution in [0.4, 0.5) is 0 Å². The highest BCUT2D eigenvalue weighted by Crippen LogP contribution is 2.57. The molecule has 0 bridgehead atoms. The van der Waals surface area contributed by atoms with Crippen LogP contribution in [0.5, 0.6) is 0 Å². The monoisotopic (exact) mass is 330 g/mol. The van der Waals surface area contributed by atoms with Crippen LogP contribution in [0.15, 0.2) is 11.0 Å². The van der Waals surface area contributed by atoms with Gasteiger partial charge in [0.05, 0.1) is 6.20 Å². The van der Waals surface area contributed by atoms with Crippen molar-refractivity contribution < 1.29 is 4.79 Å². The molecule has 2 saturated carbocycles. The van der Waals surface area contributed by atoms with Gasteiger partial charge in [0.25, 0.3) is 11.5 Å². The Morgan fingerprint density at radius 3 is 2.83 bits per heavy atom. The molecule has 0 radical (unpaired) electrons. The fraction of sp³-hybridized carbons (Fsp3) is 0.625. The van der Waals surface area contributed by atoms with E-state index in [0.717, 1.165) is 19.3 Å². The summed E-state index contributed by atoms with van der Waals surface area (Å²) in [7, 11) is 4.19. The van der Waals surface area contributed by atoms with Crippen LogP contribution in [0.25, 0.3) is 5.52 Å². The van der Waals surface area contributed by atoms with Crippen LogP contribution in [0.2, 0.25) is 0 Å². The molecule has 0 aromatic carbocycles. The second kappa shape index (κ2) is 5.14. The number of nitrogens with zero attached hydrogens (tertiary/aromatic N) is 4. The molecule has 128 valence electrons. The van der Waals surface area contributed by atoms with Crippen molar-refractivity contribution in [1.29, 1.82) is 0 Å². The maximum atomic E-state index is 12.7. The van der Waals surface area contributed by atoms with Crippen LogP contribution < -0.4 is 10.9 Å². The van der Waals surface area contributed by atoms with Gasteiger partial charge in [0.1, 0.15) is 0 Å². The van der Waals surface area contributed by atoms with Gasteiger partial charge in [-0.1, -0.05) is 11.6 Å². The fourth-order valence-corrected chi connectivity index (χ4v) is 4.39. The van der Waals surface area contributed by atoms with Gasteiger partial charge in [-0.3, -0.25) is 9.59 Å². The third-order valence-electron chi connectivity index (χ3n) is 5.78. The number of hydrogen-bond donors (Lipinski definition) is 2. The van der Waals surface area contributed by atoms with E-state index in [4.69, 9.17) is 0 Å². The molecule has 2 fully saturated rings. The molecule has 8 heteroatoms. The molecule has 1 amide bonds. The summed E-state index contributed by atoms with van der Waals surface area (Å²) < 4.78 is 1.37. The van der Waals surface area contributed by atoms with Crippen LogP contribution in [-0.2, 0) is 0 Å². The number of fused-ring (bicyclic) bond motifs is 1. The number of aromatic amines is 1. The minimum absolute atomic E-state index is 0.0963. The first-order valence-corrected chi connectivity index (χ1v) is 8.34. The van der Waals surface area contributed by atoms with E-state index in [1.165, 1.54) is 10.9 Å². The van der Waals surface area contributed by atoms with Gasteiger partial charge in [-0.05, 0) is 40.3 Å². The second-order valence-electron chi connectivity index (χ2n) is 7.33. The first-order chi connectivity index (χ1) is 11.4. The molecule has 0 aliphatic heterocycles. The molecule has 2 aromatic rings. The SMILES string of the molecule is Cc1cn2nnc(C(=O)NC3CC(N(C)C)C34CCC4)c2c(=O)[nH]1. The van der Waals surface area contributed by atoms with Crippen LogP contribution in [-0.4, -0.2) is 56.8 Å². The van der Waals surface area contributed by atoms with Gasteiger partial charge in [-0.2, -0.15) is 0 Å². The van der Waals surface area contributed by atoms with E-state index >= 15 is 0 Å². The van der Waals surface area contributed by atoms with Gasteiger partial charge in [0, 0.05) is 23.2 Å². The third-order valence-corrected chi connectivity index (χ3v) is 5.78. The highest BCUT2D eigenvalue weighted by Gasteiger charge is 2.59. The number of rotatable bonds is 3. The van der Waals surface area contributed by atoms with E-state index in [2.05, 4.69) is 39.6 Å². The molecule has 2 atom stereocenters. The number of amides is 1. The molecule has 2 aliphatic carbocycles. The summed E-state index contributed by atoms with van der Waals surface area (Å²) >= 11 is 0. The van der Waals surface area contributed by atoms with E-state index in [1.54, 1.807) is 13.1 Å². The molecular weight excluding hydrogens is 308 g/mol. The number of nitrogens with one attached hydrogen (secondary N) is 2. The largest absolute Gasteiger partial charge is 0.347 e. The Labute approximate surface area is 139 Å². The minimum atomic E-state index is -0.344. The molecule has 0 saturated heterocycles. The summed E-state index contributed by atoms with van der Waals surface area (Å²) in [4.78, 5) is 29.8. The summed E-state index contributed by atoms with van der Waals surface area (Å²) in [5, 5.41) is 10.9. The van der Waals surface area contributed by atoms with Gasteiger partial charge in [-0.25, -0.2) is 4.52 Å². The van der Waals surface area contributed by atoms with E-state index in [0.29, 0.717) is 11.7 Å². The smallest absolute Gasteiger partial charge is 0.276 e. The molecule has 1 spiro atoms. The minimum Gasteiger partial charge on any atom is -0.347 e. The van der Waals surface area contributed by atoms with E-state index in [1.807, 2.05) is 0 Å². The topological polar surface area (TPSA) is 95.4 Å². The number of aryl methyl sites for hydroxylation is 1. The Morgan fingerprint density at radius 1 is 1.46 bits per heavy atom. The van der Waals surface area contributed by atoms with Crippen LogP contribution in [0.3, 0.4) is 0 Å². The standard InChI is InChI=1S/C16H22N6O2/c1-9-8-22-13(15(24)17-9)12(19-20-22)14(23)18-10-7-11(21(2)3)16(10)5-4-6-16/h8,10-11H,4-7H2,1-3H3,(H,17,24)(H,18,23). The van der Waals surface area contributed by atoms with Crippen LogP contribution in [0, 0.1) is 12.3 Å². The highest BCUT2D eigenvalue weighted by molar-refractivity contribution is 5.98. The zero-order valence-electron chi connectivity index (χ0n) is 14.2. The van der Waals surface area contributed by atoms with Gasteiger partial charge >= 0.3 is 0 Å². The van der Waals surface area contributed by atoms with Crippen molar-refractivity contribution in [2.75, 3.05) is 14.1 Å². The van der Waals surface area contributed by atoms with Crippen molar-refractivity contribution in [3.63, 3.8) is 0 Å². The Kier molecular flexibility index (Phi) is 3.28. The Bertz CT molecular complexity index is 863. The predicted octanol–water partition coefficient (Wildman–Crippen LogP) is 0.329. The Hall–Kier alpha value is -2.22. The lowest BCUT2D eigenvalue weighted by atomic mass is 9.49. The molecule has 8 nitrogen and oxygen atoms in total. The Morgan fingerprint density at radius 2 is 2.21 bits per heavy atom. The Balaban J connectivity index is 1.59. The number of carbonyl (C=O) groups excluding carboxylic acids is 1. The van der Waals surface area contributed by atoms with Crippen LogP contribution in [0.1, 0.15) is 41.9 Å². The normalized spacial score (nSPS) is 24.8. The number of H-pyrrole nitrogens is 1. The second-order valence-corrected chi connectivity index (χ2v) is 7.33. The number of carbonyl (C=O) groups is 1. The van der Waals surface area contributed by atoms with Crippen molar-refractivity contribution in [3.05, 3.63) is 27.9 Å². The van der Waals surface area contributed by atoms with E-state index in [-0.39, 0.29) is 34.1 Å². The van der Waals surface area contributed by atoms with Crippen molar-refractivity contribution in [2.45, 2.75) is 44.7 Å². The first kappa shape index (κ1) is 15.3. The number of hydrogen-bond acceptors (Lipinski definition) is 5. The van der Waals surface area contributed by atoms with E-state index < -0.39 is 0 Å². The quantitative estimate of drug-likeness (QED) is 0.845. The summed E-state index contributed by atoms with van der Waals surface area (Å²) in [6.07, 6.45) is 6.09. The molecule has 4 rings (SSSR count). The lowest BCUT2D eigenvalue weighted by Crippen LogP contribution is -2.70. The molecule has 2 unspecified atom stereocenters. The molecule has 2 aliphatic rings. The molecule has 2 N–H and O–H groups in total. The molecular formula is C16H22N6O2. The van der Waals surface area contributed by atoms with E-state index in [9.17, 15) is 9.59 Å². The zero-order chi connectivity index (χ0) is 17.1. The van der Waals surface area contributed by atoms with Crippen LogP contribution >= 0.6 is 0 Å². The lowest BCUT2D eigenvalue weighted by molar-refractivity contribution is -0.0963. The summed E-state index contributed by atoms with van der Waals surface area (Å²) in [5.41, 5.74) is 0.808. The van der Waals surface area contributed by atoms with Gasteiger partial charge in [0.2, 0.25) is 0 Å². The molecule has 2 heterocycles. The number of aromatic nitrogens is 4. The third kappa shape index (κ3) is 2.02. The predicted molar refractivity (Wildman–Crippen MR) is 88.0 cm³/mol. The molecule has 24 heavy (non-hydrogen) atoms. The average molecular weight is 330 g/mol. The summed E-state index contributed by atoms with van der Waals surface area (Å²) in [6, 6.07) is 0.659. The van der Waals surface area contributed by atoms with Crippen molar-refractivity contribution in [3.8, 4) is 0 Å². The van der Waals surface area contributed by atoms with Crippen molar-refractivity contribution in [2.24, 2.45) is 5.41 Å². The van der Waals surface area contributed by atoms with Gasteiger partial charge in [-0.15, -0.1) is 5.10 Å². The average Bonchev–Trinajstić information content (AvgIpc) is 2.84. The maximum Gasteiger partial charge on any atom is 0.276 e. The van der Waals surface area contributed by atoms with Gasteiger partial charge < -0.3 is 15.2 Å². The van der Waals surface area contributed by atoms with Gasteiger partial charge in [0.15, 0.2) is 11.2 Å². The molecule has 2 aromatic heterocycles. The summed E-state index contributed by atoms with van der Waals surface area (Å²) in [6.45, 7) is 1.76. The first-order valence-electron chi connectivity index (χ1n) is 8.34. The van der Waals surface area contributed by atoms with Crippen molar-refractivity contribution >= 4 is 11.4 Å². The lowest BCUT2D eigenvalue weighted by Gasteiger charge is -2.63. The van der Waals surface area contributed by atoms with Crippen molar-refractivity contribution in [1.82, 2.24) is 30.0 Å². The zero-order valence-corrected chi connectivity index (χ0v) is 14.2.